The van der Waals surface area contributed by atoms with Crippen LogP contribution in [0, 0.1) is 0 Å². The minimum absolute atomic E-state index is 0.307. The van der Waals surface area contributed by atoms with Crippen LogP contribution < -0.4 is 5.32 Å². The number of hydrogen-bond donors (Lipinski definition) is 1. The molecule has 0 heterocycles. The van der Waals surface area contributed by atoms with Crippen LogP contribution in [0.4, 0.5) is 5.69 Å². The SMILES string of the molecule is C=C(/C(=C\C=C/C)C(=O)Nc1ccc(C=O)cc1)N(C)OCC. The molecule has 0 saturated heterocycles. The number of hydrogen-bond acceptors (Lipinski definition) is 4. The molecule has 0 aliphatic rings. The summed E-state index contributed by atoms with van der Waals surface area (Å²) in [6.45, 7) is 8.10. The normalized spacial score (nSPS) is 11.3. The Balaban J connectivity index is 2.95. The molecule has 122 valence electrons. The van der Waals surface area contributed by atoms with E-state index in [4.69, 9.17) is 4.84 Å². The molecular weight excluding hydrogens is 292 g/mol. The van der Waals surface area contributed by atoms with Crippen LogP contribution in [0.25, 0.3) is 0 Å². The molecule has 0 atom stereocenters. The van der Waals surface area contributed by atoms with Gasteiger partial charge in [-0.05, 0) is 44.2 Å². The minimum atomic E-state index is -0.307. The quantitative estimate of drug-likeness (QED) is 0.346. The van der Waals surface area contributed by atoms with Crippen molar-refractivity contribution in [3.63, 3.8) is 0 Å². The lowest BCUT2D eigenvalue weighted by Gasteiger charge is -2.21. The predicted octanol–water partition coefficient (Wildman–Crippen LogP) is 3.34. The van der Waals surface area contributed by atoms with Gasteiger partial charge in [0.2, 0.25) is 0 Å². The number of rotatable bonds is 8. The fourth-order valence-corrected chi connectivity index (χ4v) is 1.78. The van der Waals surface area contributed by atoms with Crippen LogP contribution in [0.3, 0.4) is 0 Å². The van der Waals surface area contributed by atoms with E-state index in [9.17, 15) is 9.59 Å². The van der Waals surface area contributed by atoms with Gasteiger partial charge in [0.1, 0.15) is 6.29 Å². The number of aldehydes is 1. The van der Waals surface area contributed by atoms with E-state index in [0.29, 0.717) is 29.1 Å². The van der Waals surface area contributed by atoms with Gasteiger partial charge in [0.25, 0.3) is 5.91 Å². The molecule has 0 saturated carbocycles. The molecule has 0 unspecified atom stereocenters. The molecule has 1 N–H and O–H groups in total. The molecule has 5 nitrogen and oxygen atoms in total. The van der Waals surface area contributed by atoms with E-state index in [1.165, 1.54) is 5.06 Å². The molecule has 0 aliphatic heterocycles. The first kappa shape index (κ1) is 18.4. The molecule has 5 heteroatoms. The highest BCUT2D eigenvalue weighted by molar-refractivity contribution is 6.06. The first-order valence-corrected chi connectivity index (χ1v) is 7.29. The standard InChI is InChI=1S/C18H22N2O3/c1-5-7-8-17(14(3)20(4)23-6-2)18(22)19-16-11-9-15(13-21)10-12-16/h5,7-13H,3,6H2,1-2,4H3,(H,19,22)/b7-5-,17-8+. The van der Waals surface area contributed by atoms with Crippen LogP contribution >= 0.6 is 0 Å². The summed E-state index contributed by atoms with van der Waals surface area (Å²) >= 11 is 0. The number of anilines is 1. The van der Waals surface area contributed by atoms with Gasteiger partial charge in [-0.3, -0.25) is 19.5 Å². The van der Waals surface area contributed by atoms with Gasteiger partial charge in [-0.1, -0.05) is 18.7 Å². The van der Waals surface area contributed by atoms with Crippen molar-refractivity contribution in [2.45, 2.75) is 13.8 Å². The summed E-state index contributed by atoms with van der Waals surface area (Å²) in [6, 6.07) is 6.62. The van der Waals surface area contributed by atoms with Gasteiger partial charge in [0.05, 0.1) is 17.9 Å². The third-order valence-corrected chi connectivity index (χ3v) is 3.02. The van der Waals surface area contributed by atoms with Crippen molar-refractivity contribution in [2.75, 3.05) is 19.0 Å². The zero-order chi connectivity index (χ0) is 17.2. The first-order chi connectivity index (χ1) is 11.0. The van der Waals surface area contributed by atoms with E-state index in [0.717, 1.165) is 6.29 Å². The van der Waals surface area contributed by atoms with Crippen molar-refractivity contribution in [1.29, 1.82) is 0 Å². The average molecular weight is 314 g/mol. The van der Waals surface area contributed by atoms with Crippen LogP contribution in [-0.2, 0) is 9.63 Å². The number of nitrogens with one attached hydrogen (secondary N) is 1. The van der Waals surface area contributed by atoms with Crippen LogP contribution in [0.2, 0.25) is 0 Å². The van der Waals surface area contributed by atoms with E-state index in [2.05, 4.69) is 11.9 Å². The summed E-state index contributed by atoms with van der Waals surface area (Å²) in [4.78, 5) is 28.5. The maximum Gasteiger partial charge on any atom is 0.257 e. The van der Waals surface area contributed by atoms with Crippen molar-refractivity contribution in [3.05, 3.63) is 65.9 Å². The molecule has 1 rings (SSSR count). The van der Waals surface area contributed by atoms with Gasteiger partial charge >= 0.3 is 0 Å². The molecule has 1 aromatic rings. The van der Waals surface area contributed by atoms with E-state index in [-0.39, 0.29) is 5.91 Å². The second kappa shape index (κ2) is 9.38. The fraction of sp³-hybridized carbons (Fsp3) is 0.222. The fourth-order valence-electron chi connectivity index (χ4n) is 1.78. The van der Waals surface area contributed by atoms with Crippen LogP contribution in [0.5, 0.6) is 0 Å². The second-order valence-electron chi connectivity index (χ2n) is 4.66. The Morgan fingerprint density at radius 2 is 2.00 bits per heavy atom. The van der Waals surface area contributed by atoms with E-state index >= 15 is 0 Å². The molecule has 0 bridgehead atoms. The Morgan fingerprint density at radius 1 is 1.35 bits per heavy atom. The zero-order valence-corrected chi connectivity index (χ0v) is 13.7. The van der Waals surface area contributed by atoms with Crippen molar-refractivity contribution in [3.8, 4) is 0 Å². The van der Waals surface area contributed by atoms with Crippen LogP contribution in [0.15, 0.2) is 60.3 Å². The van der Waals surface area contributed by atoms with Crippen molar-refractivity contribution in [1.82, 2.24) is 5.06 Å². The molecule has 0 radical (unpaired) electrons. The predicted molar refractivity (Wildman–Crippen MR) is 91.9 cm³/mol. The Morgan fingerprint density at radius 3 is 2.52 bits per heavy atom. The molecule has 0 aromatic heterocycles. The topological polar surface area (TPSA) is 58.6 Å². The smallest absolute Gasteiger partial charge is 0.257 e. The maximum atomic E-state index is 12.5. The minimum Gasteiger partial charge on any atom is -0.322 e. The molecule has 1 aromatic carbocycles. The lowest BCUT2D eigenvalue weighted by molar-refractivity contribution is -0.117. The van der Waals surface area contributed by atoms with Gasteiger partial charge in [-0.25, -0.2) is 0 Å². The molecule has 1 amide bonds. The largest absolute Gasteiger partial charge is 0.322 e. The summed E-state index contributed by atoms with van der Waals surface area (Å²) in [7, 11) is 1.70. The molecule has 0 aliphatic carbocycles. The number of allylic oxidation sites excluding steroid dienone is 3. The Kier molecular flexibility index (Phi) is 7.50. The zero-order valence-electron chi connectivity index (χ0n) is 13.7. The lowest BCUT2D eigenvalue weighted by atomic mass is 10.1. The van der Waals surface area contributed by atoms with Crippen molar-refractivity contribution < 1.29 is 14.4 Å². The number of likely N-dealkylation sites (N-methyl/N-ethyl adjacent to an activating group) is 1. The number of benzene rings is 1. The van der Waals surface area contributed by atoms with Gasteiger partial charge < -0.3 is 5.32 Å². The highest BCUT2D eigenvalue weighted by Gasteiger charge is 2.16. The van der Waals surface area contributed by atoms with E-state index < -0.39 is 0 Å². The summed E-state index contributed by atoms with van der Waals surface area (Å²) in [5, 5.41) is 4.24. The third kappa shape index (κ3) is 5.56. The van der Waals surface area contributed by atoms with E-state index in [1.54, 1.807) is 43.5 Å². The number of amides is 1. The van der Waals surface area contributed by atoms with E-state index in [1.807, 2.05) is 19.9 Å². The number of carbonyl (C=O) groups is 2. The Labute approximate surface area is 136 Å². The highest BCUT2D eigenvalue weighted by Crippen LogP contribution is 2.16. The summed E-state index contributed by atoms with van der Waals surface area (Å²) < 4.78 is 0. The van der Waals surface area contributed by atoms with Gasteiger partial charge in [-0.2, -0.15) is 0 Å². The van der Waals surface area contributed by atoms with Crippen LogP contribution in [0.1, 0.15) is 24.2 Å². The molecular formula is C18H22N2O3. The molecule has 0 spiro atoms. The summed E-state index contributed by atoms with van der Waals surface area (Å²) in [5.41, 5.74) is 1.98. The summed E-state index contributed by atoms with van der Waals surface area (Å²) in [5.74, 6) is -0.307. The highest BCUT2D eigenvalue weighted by atomic mass is 16.7. The monoisotopic (exact) mass is 314 g/mol. The second-order valence-corrected chi connectivity index (χ2v) is 4.66. The first-order valence-electron chi connectivity index (χ1n) is 7.29. The maximum absolute atomic E-state index is 12.5. The van der Waals surface area contributed by atoms with Gasteiger partial charge in [0, 0.05) is 18.3 Å². The van der Waals surface area contributed by atoms with Crippen molar-refractivity contribution >= 4 is 17.9 Å². The number of hydroxylamine groups is 2. The Bertz CT molecular complexity index is 616. The molecule has 0 fully saturated rings. The number of nitrogens with zero attached hydrogens (tertiary/aromatic N) is 1. The van der Waals surface area contributed by atoms with Crippen molar-refractivity contribution in [2.24, 2.45) is 0 Å². The number of carbonyl (C=O) groups excluding carboxylic acids is 2. The summed E-state index contributed by atoms with van der Waals surface area (Å²) in [6.07, 6.45) is 6.00. The van der Waals surface area contributed by atoms with Gasteiger partial charge in [0.15, 0.2) is 0 Å². The van der Waals surface area contributed by atoms with Crippen LogP contribution in [-0.4, -0.2) is 30.9 Å². The van der Waals surface area contributed by atoms with Gasteiger partial charge in [-0.15, -0.1) is 0 Å². The Hall–Kier alpha value is -2.66. The lowest BCUT2D eigenvalue weighted by Crippen LogP contribution is -2.25. The molecule has 23 heavy (non-hydrogen) atoms. The average Bonchev–Trinajstić information content (AvgIpc) is 2.56. The third-order valence-electron chi connectivity index (χ3n) is 3.02.